The number of hydrogen-bond donors (Lipinski definition) is 2. The van der Waals surface area contributed by atoms with E-state index in [1.54, 1.807) is 12.4 Å². The zero-order valence-electron chi connectivity index (χ0n) is 12.1. The highest BCUT2D eigenvalue weighted by Crippen LogP contribution is 2.21. The molecule has 0 aliphatic carbocycles. The first kappa shape index (κ1) is 14.8. The first-order valence-corrected chi connectivity index (χ1v) is 7.21. The molecule has 5 nitrogen and oxygen atoms in total. The first-order valence-electron chi connectivity index (χ1n) is 7.21. The smallest absolute Gasteiger partial charge is 0.317 e. The highest BCUT2D eigenvalue weighted by atomic mass is 16.3. The fraction of sp³-hybridized carbons (Fsp3) is 0.600. The van der Waals surface area contributed by atoms with Crippen molar-refractivity contribution in [3.63, 3.8) is 0 Å². The third-order valence-electron chi connectivity index (χ3n) is 4.06. The van der Waals surface area contributed by atoms with E-state index >= 15 is 0 Å². The van der Waals surface area contributed by atoms with Crippen molar-refractivity contribution >= 4 is 6.03 Å². The fourth-order valence-corrected chi connectivity index (χ4v) is 2.60. The van der Waals surface area contributed by atoms with Crippen LogP contribution in [-0.4, -0.2) is 40.2 Å². The third-order valence-corrected chi connectivity index (χ3v) is 4.06. The van der Waals surface area contributed by atoms with Crippen LogP contribution in [0.15, 0.2) is 24.5 Å². The molecule has 0 aromatic carbocycles. The van der Waals surface area contributed by atoms with Crippen LogP contribution < -0.4 is 5.32 Å². The third kappa shape index (κ3) is 3.70. The Morgan fingerprint density at radius 1 is 1.35 bits per heavy atom. The Labute approximate surface area is 120 Å². The lowest BCUT2D eigenvalue weighted by Crippen LogP contribution is -2.46. The van der Waals surface area contributed by atoms with Gasteiger partial charge in [-0.2, -0.15) is 0 Å². The molecule has 1 aliphatic rings. The average Bonchev–Trinajstić information content (AvgIpc) is 2.48. The summed E-state index contributed by atoms with van der Waals surface area (Å²) in [6, 6.07) is 3.76. The van der Waals surface area contributed by atoms with Crippen LogP contribution in [0.4, 0.5) is 4.79 Å². The number of aliphatic hydroxyl groups is 1. The van der Waals surface area contributed by atoms with Crippen LogP contribution in [0, 0.1) is 5.92 Å². The summed E-state index contributed by atoms with van der Waals surface area (Å²) in [4.78, 5) is 18.0. The van der Waals surface area contributed by atoms with Gasteiger partial charge in [0.1, 0.15) is 0 Å². The van der Waals surface area contributed by atoms with Crippen LogP contribution in [0.5, 0.6) is 0 Å². The van der Waals surface area contributed by atoms with Crippen molar-refractivity contribution in [2.45, 2.75) is 38.8 Å². The predicted octanol–water partition coefficient (Wildman–Crippen LogP) is 1.95. The Balaban J connectivity index is 1.84. The number of aromatic nitrogens is 1. The molecular formula is C15H23N3O2. The van der Waals surface area contributed by atoms with Gasteiger partial charge in [0.25, 0.3) is 0 Å². The molecule has 1 aliphatic heterocycles. The number of carbonyl (C=O) groups excluding carboxylic acids is 1. The van der Waals surface area contributed by atoms with Gasteiger partial charge in [0.2, 0.25) is 0 Å². The van der Waals surface area contributed by atoms with E-state index in [-0.39, 0.29) is 18.2 Å². The topological polar surface area (TPSA) is 65.5 Å². The Morgan fingerprint density at radius 3 is 2.50 bits per heavy atom. The Hall–Kier alpha value is -1.62. The number of nitrogens with one attached hydrogen (secondary N) is 1. The molecule has 110 valence electrons. The number of likely N-dealkylation sites (tertiary alicyclic amines) is 1. The maximum atomic E-state index is 12.2. The molecular weight excluding hydrogens is 254 g/mol. The summed E-state index contributed by atoms with van der Waals surface area (Å²) in [7, 11) is 0. The van der Waals surface area contributed by atoms with E-state index in [4.69, 9.17) is 0 Å². The zero-order chi connectivity index (χ0) is 14.5. The molecule has 2 atom stereocenters. The number of hydrogen-bond acceptors (Lipinski definition) is 3. The minimum absolute atomic E-state index is 0.0278. The summed E-state index contributed by atoms with van der Waals surface area (Å²) in [6.07, 6.45) is 4.91. The highest BCUT2D eigenvalue weighted by molar-refractivity contribution is 5.74. The van der Waals surface area contributed by atoms with Gasteiger partial charge in [0.15, 0.2) is 0 Å². The van der Waals surface area contributed by atoms with Gasteiger partial charge in [0.05, 0.1) is 12.1 Å². The number of rotatable bonds is 3. The molecule has 0 radical (unpaired) electrons. The van der Waals surface area contributed by atoms with Gasteiger partial charge < -0.3 is 15.3 Å². The maximum absolute atomic E-state index is 12.2. The van der Waals surface area contributed by atoms with Crippen LogP contribution >= 0.6 is 0 Å². The second-order valence-corrected chi connectivity index (χ2v) is 5.52. The van der Waals surface area contributed by atoms with Crippen molar-refractivity contribution in [1.82, 2.24) is 15.2 Å². The lowest BCUT2D eigenvalue weighted by Gasteiger charge is -2.34. The van der Waals surface area contributed by atoms with E-state index in [2.05, 4.69) is 10.3 Å². The fourth-order valence-electron chi connectivity index (χ4n) is 2.60. The standard InChI is InChI=1S/C15H23N3O2/c1-11(13-3-7-16-8-4-13)17-15(20)18-9-5-14(6-10-18)12(2)19/h3-4,7-8,11-12,14,19H,5-6,9-10H2,1-2H3,(H,17,20). The predicted molar refractivity (Wildman–Crippen MR) is 77.2 cm³/mol. The highest BCUT2D eigenvalue weighted by Gasteiger charge is 2.25. The van der Waals surface area contributed by atoms with Crippen LogP contribution in [0.1, 0.15) is 38.3 Å². The van der Waals surface area contributed by atoms with E-state index in [1.165, 1.54) is 0 Å². The quantitative estimate of drug-likeness (QED) is 0.887. The van der Waals surface area contributed by atoms with Crippen LogP contribution in [-0.2, 0) is 0 Å². The van der Waals surface area contributed by atoms with Crippen molar-refractivity contribution in [3.8, 4) is 0 Å². The van der Waals surface area contributed by atoms with Gasteiger partial charge >= 0.3 is 6.03 Å². The van der Waals surface area contributed by atoms with Crippen LogP contribution in [0.3, 0.4) is 0 Å². The van der Waals surface area contributed by atoms with Gasteiger partial charge in [-0.25, -0.2) is 4.79 Å². The SMILES string of the molecule is CC(NC(=O)N1CCC(C(C)O)CC1)c1ccncc1. The number of amides is 2. The maximum Gasteiger partial charge on any atom is 0.317 e. The number of nitrogens with zero attached hydrogens (tertiary/aromatic N) is 2. The summed E-state index contributed by atoms with van der Waals surface area (Å²) in [5.41, 5.74) is 1.05. The average molecular weight is 277 g/mol. The van der Waals surface area contributed by atoms with Gasteiger partial charge in [-0.1, -0.05) is 0 Å². The van der Waals surface area contributed by atoms with Crippen molar-refractivity contribution in [3.05, 3.63) is 30.1 Å². The molecule has 0 bridgehead atoms. The van der Waals surface area contributed by atoms with Gasteiger partial charge in [-0.3, -0.25) is 4.98 Å². The molecule has 2 unspecified atom stereocenters. The Morgan fingerprint density at radius 2 is 1.95 bits per heavy atom. The van der Waals surface area contributed by atoms with Crippen molar-refractivity contribution in [2.24, 2.45) is 5.92 Å². The molecule has 1 saturated heterocycles. The minimum atomic E-state index is -0.282. The molecule has 2 rings (SSSR count). The van der Waals surface area contributed by atoms with Crippen molar-refractivity contribution in [2.75, 3.05) is 13.1 Å². The van der Waals surface area contributed by atoms with Crippen molar-refractivity contribution in [1.29, 1.82) is 0 Å². The molecule has 2 heterocycles. The van der Waals surface area contributed by atoms with E-state index < -0.39 is 0 Å². The molecule has 0 spiro atoms. The van der Waals surface area contributed by atoms with E-state index in [0.29, 0.717) is 19.0 Å². The lowest BCUT2D eigenvalue weighted by atomic mass is 9.92. The number of urea groups is 1. The molecule has 20 heavy (non-hydrogen) atoms. The second-order valence-electron chi connectivity index (χ2n) is 5.52. The summed E-state index contributed by atoms with van der Waals surface area (Å²) in [6.45, 7) is 5.22. The lowest BCUT2D eigenvalue weighted by molar-refractivity contribution is 0.0794. The summed E-state index contributed by atoms with van der Waals surface area (Å²) < 4.78 is 0. The second kappa shape index (κ2) is 6.70. The number of aliphatic hydroxyl groups excluding tert-OH is 1. The molecule has 1 fully saturated rings. The Bertz CT molecular complexity index is 428. The van der Waals surface area contributed by atoms with Gasteiger partial charge in [0, 0.05) is 25.5 Å². The van der Waals surface area contributed by atoms with Crippen LogP contribution in [0.25, 0.3) is 0 Å². The number of piperidine rings is 1. The zero-order valence-corrected chi connectivity index (χ0v) is 12.1. The molecule has 1 aromatic heterocycles. The first-order chi connectivity index (χ1) is 9.58. The molecule has 0 saturated carbocycles. The minimum Gasteiger partial charge on any atom is -0.393 e. The van der Waals surface area contributed by atoms with E-state index in [1.807, 2.05) is 30.9 Å². The largest absolute Gasteiger partial charge is 0.393 e. The molecule has 5 heteroatoms. The summed E-state index contributed by atoms with van der Waals surface area (Å²) >= 11 is 0. The number of carbonyl (C=O) groups is 1. The molecule has 1 aromatic rings. The van der Waals surface area contributed by atoms with E-state index in [0.717, 1.165) is 18.4 Å². The Kier molecular flexibility index (Phi) is 4.95. The monoisotopic (exact) mass is 277 g/mol. The van der Waals surface area contributed by atoms with E-state index in [9.17, 15) is 9.90 Å². The van der Waals surface area contributed by atoms with Gasteiger partial charge in [-0.05, 0) is 50.3 Å². The number of pyridine rings is 1. The van der Waals surface area contributed by atoms with Crippen molar-refractivity contribution < 1.29 is 9.90 Å². The summed E-state index contributed by atoms with van der Waals surface area (Å²) in [5, 5.41) is 12.6. The summed E-state index contributed by atoms with van der Waals surface area (Å²) in [5.74, 6) is 0.316. The normalized spacial score (nSPS) is 19.4. The van der Waals surface area contributed by atoms with Crippen LogP contribution in [0.2, 0.25) is 0 Å². The molecule has 2 N–H and O–H groups in total. The molecule has 2 amide bonds. The van der Waals surface area contributed by atoms with Gasteiger partial charge in [-0.15, -0.1) is 0 Å².